The van der Waals surface area contributed by atoms with Crippen LogP contribution in [0.15, 0.2) is 21.1 Å². The van der Waals surface area contributed by atoms with Gasteiger partial charge in [-0.05, 0) is 35.1 Å². The molecule has 0 aliphatic rings. The van der Waals surface area contributed by atoms with Crippen LogP contribution < -0.4 is 4.74 Å². The number of rotatable bonds is 5. The lowest BCUT2D eigenvalue weighted by Gasteiger charge is -2.17. The molecule has 17 heavy (non-hydrogen) atoms. The number of aliphatic carboxylic acids is 1. The molecule has 1 rings (SSSR count). The Morgan fingerprint density at radius 2 is 2.12 bits per heavy atom. The van der Waals surface area contributed by atoms with Crippen LogP contribution in [-0.4, -0.2) is 36.7 Å². The predicted molar refractivity (Wildman–Crippen MR) is 72.4 cm³/mol. The van der Waals surface area contributed by atoms with Gasteiger partial charge >= 0.3 is 5.97 Å². The van der Waals surface area contributed by atoms with Crippen LogP contribution in [0.5, 0.6) is 5.75 Å². The van der Waals surface area contributed by atoms with E-state index in [1.54, 1.807) is 19.1 Å². The van der Waals surface area contributed by atoms with E-state index in [1.807, 2.05) is 12.1 Å². The molecule has 1 aromatic rings. The number of nitrogens with zero attached hydrogens (tertiary/aromatic N) is 1. The number of ether oxygens (including phenoxy) is 1. The normalized spacial score (nSPS) is 10.6. The number of hydrogen-bond acceptors (Lipinski definition) is 3. The number of halogens is 2. The quantitative estimate of drug-likeness (QED) is 0.870. The van der Waals surface area contributed by atoms with Crippen LogP contribution in [0.3, 0.4) is 0 Å². The Balaban J connectivity index is 2.92. The predicted octanol–water partition coefficient (Wildman–Crippen LogP) is 2.74. The van der Waals surface area contributed by atoms with Gasteiger partial charge in [0.25, 0.3) is 0 Å². The van der Waals surface area contributed by atoms with Crippen molar-refractivity contribution in [2.75, 3.05) is 20.7 Å². The Morgan fingerprint density at radius 1 is 1.47 bits per heavy atom. The van der Waals surface area contributed by atoms with Gasteiger partial charge < -0.3 is 9.84 Å². The van der Waals surface area contributed by atoms with E-state index >= 15 is 0 Å². The summed E-state index contributed by atoms with van der Waals surface area (Å²) >= 11 is 6.81. The summed E-state index contributed by atoms with van der Waals surface area (Å²) < 4.78 is 7.06. The third kappa shape index (κ3) is 4.29. The highest BCUT2D eigenvalue weighted by molar-refractivity contribution is 9.11. The minimum Gasteiger partial charge on any atom is -0.495 e. The van der Waals surface area contributed by atoms with Gasteiger partial charge in [0.15, 0.2) is 0 Å². The molecule has 0 radical (unpaired) electrons. The van der Waals surface area contributed by atoms with Crippen LogP contribution in [0.4, 0.5) is 0 Å². The summed E-state index contributed by atoms with van der Waals surface area (Å²) in [6.45, 7) is 0.501. The van der Waals surface area contributed by atoms with Gasteiger partial charge in [0.2, 0.25) is 0 Å². The molecule has 1 N–H and O–H groups in total. The highest BCUT2D eigenvalue weighted by atomic mass is 79.9. The van der Waals surface area contributed by atoms with E-state index in [-0.39, 0.29) is 6.54 Å². The van der Waals surface area contributed by atoms with Gasteiger partial charge in [0.05, 0.1) is 18.1 Å². The standard InChI is InChI=1S/C11H13Br2NO3/c1-14(6-10(15)16)5-7-3-8(12)4-9(13)11(7)17-2/h3-4H,5-6H2,1-2H3,(H,15,16). The van der Waals surface area contributed by atoms with Crippen LogP contribution in [0.25, 0.3) is 0 Å². The fraction of sp³-hybridized carbons (Fsp3) is 0.364. The summed E-state index contributed by atoms with van der Waals surface area (Å²) in [5.74, 6) is -0.119. The lowest BCUT2D eigenvalue weighted by atomic mass is 10.2. The van der Waals surface area contributed by atoms with Gasteiger partial charge in [-0.25, -0.2) is 0 Å². The van der Waals surface area contributed by atoms with E-state index in [2.05, 4.69) is 31.9 Å². The summed E-state index contributed by atoms with van der Waals surface area (Å²) in [7, 11) is 3.34. The van der Waals surface area contributed by atoms with Crippen LogP contribution >= 0.6 is 31.9 Å². The zero-order valence-corrected chi connectivity index (χ0v) is 12.7. The minimum atomic E-state index is -0.847. The fourth-order valence-electron chi connectivity index (χ4n) is 1.54. The van der Waals surface area contributed by atoms with Crippen molar-refractivity contribution in [1.82, 2.24) is 4.90 Å². The van der Waals surface area contributed by atoms with E-state index < -0.39 is 5.97 Å². The van der Waals surface area contributed by atoms with Crippen LogP contribution in [-0.2, 0) is 11.3 Å². The van der Waals surface area contributed by atoms with E-state index in [4.69, 9.17) is 9.84 Å². The van der Waals surface area contributed by atoms with Gasteiger partial charge in [-0.2, -0.15) is 0 Å². The molecule has 0 spiro atoms. The molecule has 0 aliphatic heterocycles. The molecule has 0 fully saturated rings. The summed E-state index contributed by atoms with van der Waals surface area (Å²) in [5, 5.41) is 8.71. The largest absolute Gasteiger partial charge is 0.495 e. The van der Waals surface area contributed by atoms with Crippen molar-refractivity contribution in [1.29, 1.82) is 0 Å². The molecule has 0 aliphatic carbocycles. The Bertz CT molecular complexity index is 423. The maximum Gasteiger partial charge on any atom is 0.317 e. The number of carbonyl (C=O) groups is 1. The molecule has 0 amide bonds. The molecule has 6 heteroatoms. The van der Waals surface area contributed by atoms with Crippen molar-refractivity contribution in [3.63, 3.8) is 0 Å². The Hall–Kier alpha value is -0.590. The summed E-state index contributed by atoms with van der Waals surface area (Å²) in [5.41, 5.74) is 0.928. The maximum absolute atomic E-state index is 10.6. The van der Waals surface area contributed by atoms with Gasteiger partial charge in [-0.3, -0.25) is 9.69 Å². The average Bonchev–Trinajstić information content (AvgIpc) is 2.15. The second kappa shape index (κ2) is 6.37. The van der Waals surface area contributed by atoms with Gasteiger partial charge in [-0.1, -0.05) is 15.9 Å². The third-order valence-corrected chi connectivity index (χ3v) is 3.18. The van der Waals surface area contributed by atoms with Crippen molar-refractivity contribution in [3.05, 3.63) is 26.6 Å². The van der Waals surface area contributed by atoms with Crippen molar-refractivity contribution in [2.24, 2.45) is 0 Å². The number of likely N-dealkylation sites (N-methyl/N-ethyl adjacent to an activating group) is 1. The Kier molecular flexibility index (Phi) is 5.42. The molecular formula is C11H13Br2NO3. The maximum atomic E-state index is 10.6. The van der Waals surface area contributed by atoms with E-state index in [1.165, 1.54) is 0 Å². The van der Waals surface area contributed by atoms with Gasteiger partial charge in [-0.15, -0.1) is 0 Å². The topological polar surface area (TPSA) is 49.8 Å². The van der Waals surface area contributed by atoms with Gasteiger partial charge in [0, 0.05) is 16.6 Å². The monoisotopic (exact) mass is 365 g/mol. The molecule has 0 saturated heterocycles. The van der Waals surface area contributed by atoms with Crippen molar-refractivity contribution < 1.29 is 14.6 Å². The molecule has 0 aromatic heterocycles. The van der Waals surface area contributed by atoms with Crippen molar-refractivity contribution in [2.45, 2.75) is 6.54 Å². The minimum absolute atomic E-state index is 0.00666. The zero-order chi connectivity index (χ0) is 13.0. The van der Waals surface area contributed by atoms with Crippen LogP contribution in [0.2, 0.25) is 0 Å². The number of carboxylic acid groups (broad SMARTS) is 1. The molecule has 94 valence electrons. The molecule has 0 atom stereocenters. The Labute approximate surface area is 117 Å². The number of methoxy groups -OCH3 is 1. The van der Waals surface area contributed by atoms with Crippen molar-refractivity contribution >= 4 is 37.8 Å². The second-order valence-corrected chi connectivity index (χ2v) is 5.42. The van der Waals surface area contributed by atoms with E-state index in [0.29, 0.717) is 6.54 Å². The van der Waals surface area contributed by atoms with Gasteiger partial charge in [0.1, 0.15) is 5.75 Å². The van der Waals surface area contributed by atoms with Crippen LogP contribution in [0.1, 0.15) is 5.56 Å². The van der Waals surface area contributed by atoms with Crippen molar-refractivity contribution in [3.8, 4) is 5.75 Å². The molecule has 0 saturated carbocycles. The lowest BCUT2D eigenvalue weighted by molar-refractivity contribution is -0.138. The smallest absolute Gasteiger partial charge is 0.317 e. The van der Waals surface area contributed by atoms with Crippen LogP contribution in [0, 0.1) is 0 Å². The number of carboxylic acids is 1. The third-order valence-electron chi connectivity index (χ3n) is 2.13. The second-order valence-electron chi connectivity index (χ2n) is 3.65. The first-order chi connectivity index (χ1) is 7.93. The summed E-state index contributed by atoms with van der Waals surface area (Å²) in [4.78, 5) is 12.3. The van der Waals surface area contributed by atoms with E-state index in [9.17, 15) is 4.79 Å². The first kappa shape index (κ1) is 14.5. The summed E-state index contributed by atoms with van der Waals surface area (Å²) in [6, 6.07) is 3.81. The highest BCUT2D eigenvalue weighted by Crippen LogP contribution is 2.33. The highest BCUT2D eigenvalue weighted by Gasteiger charge is 2.12. The number of hydrogen-bond donors (Lipinski definition) is 1. The lowest BCUT2D eigenvalue weighted by Crippen LogP contribution is -2.25. The van der Waals surface area contributed by atoms with E-state index in [0.717, 1.165) is 20.3 Å². The molecule has 0 heterocycles. The SMILES string of the molecule is COc1c(Br)cc(Br)cc1CN(C)CC(=O)O. The zero-order valence-electron chi connectivity index (χ0n) is 9.54. The molecule has 0 bridgehead atoms. The molecule has 4 nitrogen and oxygen atoms in total. The fourth-order valence-corrected chi connectivity index (χ4v) is 3.01. The first-order valence-corrected chi connectivity index (χ1v) is 6.45. The molecule has 0 unspecified atom stereocenters. The molecular weight excluding hydrogens is 354 g/mol. The summed E-state index contributed by atoms with van der Waals surface area (Å²) in [6.07, 6.45) is 0. The number of benzene rings is 1. The Morgan fingerprint density at radius 3 is 2.65 bits per heavy atom. The molecule has 1 aromatic carbocycles. The average molecular weight is 367 g/mol. The first-order valence-electron chi connectivity index (χ1n) is 4.86.